The van der Waals surface area contributed by atoms with Crippen LogP contribution in [-0.2, 0) is 16.6 Å². The fourth-order valence-corrected chi connectivity index (χ4v) is 4.65. The molecule has 2 nitrogen and oxygen atoms in total. The molecule has 0 radical (unpaired) electrons. The van der Waals surface area contributed by atoms with Gasteiger partial charge in [-0.15, -0.1) is 0 Å². The Morgan fingerprint density at radius 3 is 2.55 bits per heavy atom. The molecule has 1 aliphatic carbocycles. The Kier molecular flexibility index (Phi) is 6.74. The average Bonchev–Trinajstić information content (AvgIpc) is 2.49. The molecular formula is C17H27NOS. The highest BCUT2D eigenvalue weighted by molar-refractivity contribution is 7.84. The Bertz CT molecular complexity index is 401. The molecule has 0 aliphatic heterocycles. The smallest absolute Gasteiger partial charge is 0.0486 e. The van der Waals surface area contributed by atoms with E-state index in [1.807, 2.05) is 18.2 Å². The molecule has 3 heteroatoms. The first-order valence-corrected chi connectivity index (χ1v) is 9.40. The van der Waals surface area contributed by atoms with E-state index in [4.69, 9.17) is 0 Å². The standard InChI is InChI=1S/C17H27NOS/c1-2-18-17(16-11-7-4-8-12-16)14-20(19)13-15-9-5-3-6-10-15/h3,5-6,9-10,16-18H,2,4,7-8,11-14H2,1H3. The minimum atomic E-state index is -0.767. The highest BCUT2D eigenvalue weighted by Crippen LogP contribution is 2.27. The van der Waals surface area contributed by atoms with Gasteiger partial charge in [-0.3, -0.25) is 4.21 Å². The lowest BCUT2D eigenvalue weighted by Gasteiger charge is -2.30. The van der Waals surface area contributed by atoms with Crippen LogP contribution >= 0.6 is 0 Å². The summed E-state index contributed by atoms with van der Waals surface area (Å²) in [5.41, 5.74) is 1.18. The topological polar surface area (TPSA) is 29.1 Å². The lowest BCUT2D eigenvalue weighted by atomic mass is 9.84. The monoisotopic (exact) mass is 293 g/mol. The molecular weight excluding hydrogens is 266 g/mol. The lowest BCUT2D eigenvalue weighted by molar-refractivity contribution is 0.287. The third kappa shape index (κ3) is 5.02. The second-order valence-electron chi connectivity index (χ2n) is 5.80. The Morgan fingerprint density at radius 1 is 1.20 bits per heavy atom. The molecule has 0 saturated heterocycles. The summed E-state index contributed by atoms with van der Waals surface area (Å²) in [5.74, 6) is 2.21. The van der Waals surface area contributed by atoms with Crippen molar-refractivity contribution in [2.45, 2.75) is 50.8 Å². The van der Waals surface area contributed by atoms with Gasteiger partial charge in [0, 0.05) is 28.3 Å². The van der Waals surface area contributed by atoms with Crippen LogP contribution in [0.2, 0.25) is 0 Å². The van der Waals surface area contributed by atoms with Crippen LogP contribution in [0.4, 0.5) is 0 Å². The van der Waals surface area contributed by atoms with Crippen LogP contribution < -0.4 is 5.32 Å². The van der Waals surface area contributed by atoms with Crippen LogP contribution in [0.15, 0.2) is 30.3 Å². The minimum absolute atomic E-state index is 0.435. The Labute approximate surface area is 125 Å². The van der Waals surface area contributed by atoms with Crippen LogP contribution in [-0.4, -0.2) is 22.5 Å². The molecule has 0 aromatic heterocycles. The van der Waals surface area contributed by atoms with E-state index in [0.29, 0.717) is 11.8 Å². The molecule has 2 unspecified atom stereocenters. The highest BCUT2D eigenvalue weighted by Gasteiger charge is 2.24. The van der Waals surface area contributed by atoms with Crippen molar-refractivity contribution in [3.63, 3.8) is 0 Å². The molecule has 0 heterocycles. The summed E-state index contributed by atoms with van der Waals surface area (Å²) in [6, 6.07) is 10.6. The lowest BCUT2D eigenvalue weighted by Crippen LogP contribution is -2.41. The third-order valence-electron chi connectivity index (χ3n) is 4.22. The number of rotatable bonds is 7. The molecule has 20 heavy (non-hydrogen) atoms. The van der Waals surface area contributed by atoms with Gasteiger partial charge in [0.05, 0.1) is 0 Å². The van der Waals surface area contributed by atoms with E-state index in [1.165, 1.54) is 37.7 Å². The van der Waals surface area contributed by atoms with Gasteiger partial charge in [0.25, 0.3) is 0 Å². The second-order valence-corrected chi connectivity index (χ2v) is 7.30. The fraction of sp³-hybridized carbons (Fsp3) is 0.647. The average molecular weight is 293 g/mol. The molecule has 1 fully saturated rings. The van der Waals surface area contributed by atoms with Gasteiger partial charge in [-0.2, -0.15) is 0 Å². The molecule has 1 N–H and O–H groups in total. The Morgan fingerprint density at radius 2 is 1.90 bits per heavy atom. The van der Waals surface area contributed by atoms with Gasteiger partial charge in [0.15, 0.2) is 0 Å². The van der Waals surface area contributed by atoms with Gasteiger partial charge >= 0.3 is 0 Å². The van der Waals surface area contributed by atoms with Gasteiger partial charge in [-0.1, -0.05) is 56.5 Å². The van der Waals surface area contributed by atoms with Gasteiger partial charge < -0.3 is 5.32 Å². The highest BCUT2D eigenvalue weighted by atomic mass is 32.2. The van der Waals surface area contributed by atoms with Crippen molar-refractivity contribution in [2.24, 2.45) is 5.92 Å². The van der Waals surface area contributed by atoms with Crippen LogP contribution in [0, 0.1) is 5.92 Å². The number of hydrogen-bond donors (Lipinski definition) is 1. The third-order valence-corrected chi connectivity index (χ3v) is 5.61. The maximum atomic E-state index is 12.4. The summed E-state index contributed by atoms with van der Waals surface area (Å²) in [6.07, 6.45) is 6.68. The summed E-state index contributed by atoms with van der Waals surface area (Å²) in [7, 11) is -0.767. The minimum Gasteiger partial charge on any atom is -0.313 e. The van der Waals surface area contributed by atoms with Crippen molar-refractivity contribution in [3.05, 3.63) is 35.9 Å². The first kappa shape index (κ1) is 15.7. The quantitative estimate of drug-likeness (QED) is 0.834. The normalized spacial score (nSPS) is 19.6. The van der Waals surface area contributed by atoms with E-state index in [2.05, 4.69) is 24.4 Å². The predicted molar refractivity (Wildman–Crippen MR) is 87.2 cm³/mol. The molecule has 0 bridgehead atoms. The van der Waals surface area contributed by atoms with Crippen molar-refractivity contribution in [2.75, 3.05) is 12.3 Å². The first-order valence-electron chi connectivity index (χ1n) is 7.92. The van der Waals surface area contributed by atoms with Gasteiger partial charge in [0.1, 0.15) is 0 Å². The van der Waals surface area contributed by atoms with Crippen LogP contribution in [0.5, 0.6) is 0 Å². The number of nitrogens with one attached hydrogen (secondary N) is 1. The summed E-state index contributed by atoms with van der Waals surface area (Å²) in [5, 5.41) is 3.58. The Balaban J connectivity index is 1.88. The summed E-state index contributed by atoms with van der Waals surface area (Å²) >= 11 is 0. The van der Waals surface area contributed by atoms with E-state index in [1.54, 1.807) is 0 Å². The summed E-state index contributed by atoms with van der Waals surface area (Å²) in [4.78, 5) is 0. The molecule has 0 spiro atoms. The molecule has 2 rings (SSSR count). The molecule has 1 aromatic rings. The molecule has 2 atom stereocenters. The molecule has 1 saturated carbocycles. The number of hydrogen-bond acceptors (Lipinski definition) is 2. The summed E-state index contributed by atoms with van der Waals surface area (Å²) in [6.45, 7) is 3.12. The Hall–Kier alpha value is -0.670. The van der Waals surface area contributed by atoms with Crippen LogP contribution in [0.1, 0.15) is 44.6 Å². The van der Waals surface area contributed by atoms with Gasteiger partial charge in [0.2, 0.25) is 0 Å². The molecule has 112 valence electrons. The first-order chi connectivity index (χ1) is 9.79. The van der Waals surface area contributed by atoms with Crippen molar-refractivity contribution in [1.29, 1.82) is 0 Å². The van der Waals surface area contributed by atoms with E-state index in [9.17, 15) is 4.21 Å². The zero-order valence-corrected chi connectivity index (χ0v) is 13.3. The SMILES string of the molecule is CCNC(CS(=O)Cc1ccccc1)C1CCCCC1. The van der Waals surface area contributed by atoms with Crippen molar-refractivity contribution >= 4 is 10.8 Å². The van der Waals surface area contributed by atoms with Crippen molar-refractivity contribution in [1.82, 2.24) is 5.32 Å². The van der Waals surface area contributed by atoms with E-state index in [-0.39, 0.29) is 0 Å². The van der Waals surface area contributed by atoms with Crippen LogP contribution in [0.25, 0.3) is 0 Å². The number of benzene rings is 1. The van der Waals surface area contributed by atoms with E-state index >= 15 is 0 Å². The largest absolute Gasteiger partial charge is 0.313 e. The van der Waals surface area contributed by atoms with E-state index in [0.717, 1.165) is 18.2 Å². The fourth-order valence-electron chi connectivity index (χ4n) is 3.18. The van der Waals surface area contributed by atoms with Gasteiger partial charge in [-0.25, -0.2) is 0 Å². The predicted octanol–water partition coefficient (Wildman–Crippen LogP) is 3.49. The summed E-state index contributed by atoms with van der Waals surface area (Å²) < 4.78 is 12.4. The van der Waals surface area contributed by atoms with Crippen LogP contribution in [0.3, 0.4) is 0 Å². The van der Waals surface area contributed by atoms with E-state index < -0.39 is 10.8 Å². The zero-order chi connectivity index (χ0) is 14.2. The molecule has 0 amide bonds. The maximum absolute atomic E-state index is 12.4. The van der Waals surface area contributed by atoms with Crippen molar-refractivity contribution in [3.8, 4) is 0 Å². The maximum Gasteiger partial charge on any atom is 0.0486 e. The second kappa shape index (κ2) is 8.58. The molecule has 1 aromatic carbocycles. The van der Waals surface area contributed by atoms with Crippen molar-refractivity contribution < 1.29 is 4.21 Å². The van der Waals surface area contributed by atoms with Gasteiger partial charge in [-0.05, 0) is 30.9 Å². The zero-order valence-electron chi connectivity index (χ0n) is 12.5. The molecule has 1 aliphatic rings.